The van der Waals surface area contributed by atoms with Crippen LogP contribution in [0.3, 0.4) is 0 Å². The van der Waals surface area contributed by atoms with E-state index < -0.39 is 5.97 Å². The Morgan fingerprint density at radius 2 is 1.97 bits per heavy atom. The maximum absolute atomic E-state index is 12.7. The Morgan fingerprint density at radius 1 is 1.23 bits per heavy atom. The van der Waals surface area contributed by atoms with Crippen molar-refractivity contribution in [3.05, 3.63) is 58.5 Å². The summed E-state index contributed by atoms with van der Waals surface area (Å²) < 4.78 is 11.1. The van der Waals surface area contributed by atoms with Crippen molar-refractivity contribution in [1.82, 2.24) is 4.90 Å². The number of rotatable bonds is 7. The topological polar surface area (TPSA) is 91.3 Å². The van der Waals surface area contributed by atoms with Gasteiger partial charge < -0.3 is 19.4 Å². The molecule has 1 aliphatic rings. The maximum atomic E-state index is 12.7. The second-order valence-corrected chi connectivity index (χ2v) is 7.34. The van der Waals surface area contributed by atoms with Crippen LogP contribution in [-0.4, -0.2) is 42.2 Å². The molecule has 1 aliphatic heterocycles. The average molecular weight is 435 g/mol. The van der Waals surface area contributed by atoms with E-state index in [9.17, 15) is 14.7 Å². The van der Waals surface area contributed by atoms with Crippen molar-refractivity contribution in [2.24, 2.45) is 4.99 Å². The molecule has 0 unspecified atom stereocenters. The van der Waals surface area contributed by atoms with Gasteiger partial charge in [-0.1, -0.05) is 24.1 Å². The molecule has 31 heavy (non-hydrogen) atoms. The molecular weight excluding hydrogens is 416 g/mol. The molecule has 0 N–H and O–H groups in total. The molecule has 1 heterocycles. The van der Waals surface area contributed by atoms with Crippen LogP contribution in [0.15, 0.2) is 52.4 Å². The van der Waals surface area contributed by atoms with Crippen molar-refractivity contribution < 1.29 is 24.2 Å². The normalized spacial score (nSPS) is 15.9. The molecule has 158 valence electrons. The number of aliphatic imine (C=N–C) groups is 1. The Labute approximate surface area is 184 Å². The number of carboxylic acid groups (broad SMARTS) is 1. The number of thioether (sulfide) groups is 1. The van der Waals surface area contributed by atoms with E-state index in [-0.39, 0.29) is 18.1 Å². The van der Waals surface area contributed by atoms with Gasteiger partial charge in [-0.25, -0.2) is 4.99 Å². The summed E-state index contributed by atoms with van der Waals surface area (Å²) in [4.78, 5) is 29.9. The van der Waals surface area contributed by atoms with Crippen LogP contribution in [0, 0.1) is 12.3 Å². The van der Waals surface area contributed by atoms with Gasteiger partial charge >= 0.3 is 0 Å². The summed E-state index contributed by atoms with van der Waals surface area (Å²) in [5, 5.41) is 11.4. The average Bonchev–Trinajstić information content (AvgIpc) is 3.01. The zero-order valence-electron chi connectivity index (χ0n) is 17.0. The number of amides is 1. The Bertz CT molecular complexity index is 1100. The molecule has 0 bridgehead atoms. The predicted octanol–water partition coefficient (Wildman–Crippen LogP) is 2.69. The second-order valence-electron chi connectivity index (χ2n) is 6.34. The smallest absolute Gasteiger partial charge is 0.266 e. The third kappa shape index (κ3) is 5.27. The third-order valence-electron chi connectivity index (χ3n) is 4.21. The Balaban J connectivity index is 1.85. The van der Waals surface area contributed by atoms with Gasteiger partial charge in [0, 0.05) is 7.05 Å². The molecule has 0 aromatic heterocycles. The van der Waals surface area contributed by atoms with Crippen LogP contribution in [0.25, 0.3) is 6.08 Å². The molecule has 2 aromatic carbocycles. The standard InChI is InChI=1S/C23H20N2O5S/c1-4-12-30-18-11-6-15(13-19(18)29-5-2)14-20-21(26)25(3)23(31-20)24-17-9-7-16(8-10-17)22(27)28/h1,6-11,13-14H,5,12H2,2-3H3,(H,27,28)/p-1/b20-14-,24-23?. The fraction of sp³-hybridized carbons (Fsp3) is 0.174. The van der Waals surface area contributed by atoms with Crippen LogP contribution in [0.1, 0.15) is 22.8 Å². The van der Waals surface area contributed by atoms with Gasteiger partial charge in [0.15, 0.2) is 16.7 Å². The molecule has 2 aromatic rings. The number of likely N-dealkylation sites (N-methyl/N-ethyl adjacent to an activating group) is 1. The van der Waals surface area contributed by atoms with E-state index in [4.69, 9.17) is 15.9 Å². The predicted molar refractivity (Wildman–Crippen MR) is 118 cm³/mol. The number of amidine groups is 1. The minimum atomic E-state index is -1.26. The van der Waals surface area contributed by atoms with Gasteiger partial charge in [0.25, 0.3) is 5.91 Å². The lowest BCUT2D eigenvalue weighted by atomic mass is 10.2. The van der Waals surface area contributed by atoms with Gasteiger partial charge in [-0.15, -0.1) is 6.42 Å². The van der Waals surface area contributed by atoms with E-state index in [0.717, 1.165) is 5.56 Å². The number of hydrogen-bond donors (Lipinski definition) is 0. The SMILES string of the molecule is C#CCOc1ccc(/C=C2\SC(=Nc3ccc(C(=O)[O-])cc3)N(C)C2=O)cc1OCC. The van der Waals surface area contributed by atoms with Gasteiger partial charge in [-0.05, 0) is 60.2 Å². The highest BCUT2D eigenvalue weighted by Crippen LogP contribution is 2.35. The highest BCUT2D eigenvalue weighted by molar-refractivity contribution is 8.18. The highest BCUT2D eigenvalue weighted by Gasteiger charge is 2.30. The maximum Gasteiger partial charge on any atom is 0.266 e. The molecule has 0 spiro atoms. The number of carbonyl (C=O) groups is 2. The summed E-state index contributed by atoms with van der Waals surface area (Å²) in [7, 11) is 1.63. The lowest BCUT2D eigenvalue weighted by Crippen LogP contribution is -2.23. The first-order valence-electron chi connectivity index (χ1n) is 9.33. The Hall–Kier alpha value is -3.70. The molecule has 1 saturated heterocycles. The van der Waals surface area contributed by atoms with E-state index in [1.165, 1.54) is 28.8 Å². The molecule has 8 heteroatoms. The minimum absolute atomic E-state index is 0.0628. The fourth-order valence-corrected chi connectivity index (χ4v) is 3.69. The van der Waals surface area contributed by atoms with Crippen LogP contribution in [0.2, 0.25) is 0 Å². The van der Waals surface area contributed by atoms with E-state index in [0.29, 0.717) is 33.9 Å². The lowest BCUT2D eigenvalue weighted by Gasteiger charge is -2.11. The first-order chi connectivity index (χ1) is 14.9. The van der Waals surface area contributed by atoms with Crippen LogP contribution in [0.5, 0.6) is 11.5 Å². The van der Waals surface area contributed by atoms with Crippen LogP contribution >= 0.6 is 11.8 Å². The molecule has 3 rings (SSSR count). The van der Waals surface area contributed by atoms with E-state index in [1.807, 2.05) is 13.0 Å². The number of nitrogens with zero attached hydrogens (tertiary/aromatic N) is 2. The third-order valence-corrected chi connectivity index (χ3v) is 5.27. The number of benzene rings is 2. The number of hydrogen-bond acceptors (Lipinski definition) is 7. The van der Waals surface area contributed by atoms with Crippen molar-refractivity contribution >= 4 is 40.6 Å². The fourth-order valence-electron chi connectivity index (χ4n) is 2.71. The molecule has 0 saturated carbocycles. The van der Waals surface area contributed by atoms with Gasteiger partial charge in [-0.2, -0.15) is 0 Å². The first-order valence-corrected chi connectivity index (χ1v) is 10.2. The van der Waals surface area contributed by atoms with Crippen molar-refractivity contribution in [2.75, 3.05) is 20.3 Å². The molecule has 0 aliphatic carbocycles. The van der Waals surface area contributed by atoms with E-state index in [2.05, 4.69) is 10.9 Å². The van der Waals surface area contributed by atoms with Crippen molar-refractivity contribution in [3.8, 4) is 23.8 Å². The first kappa shape index (κ1) is 22.0. The zero-order valence-corrected chi connectivity index (χ0v) is 17.8. The van der Waals surface area contributed by atoms with Crippen molar-refractivity contribution in [2.45, 2.75) is 6.92 Å². The highest BCUT2D eigenvalue weighted by atomic mass is 32.2. The summed E-state index contributed by atoms with van der Waals surface area (Å²) in [6.45, 7) is 2.45. The van der Waals surface area contributed by atoms with Gasteiger partial charge in [0.1, 0.15) is 6.61 Å². The summed E-state index contributed by atoms with van der Waals surface area (Å²) in [5.74, 6) is 2.04. The van der Waals surface area contributed by atoms with Gasteiger partial charge in [0.05, 0.1) is 23.2 Å². The largest absolute Gasteiger partial charge is 0.545 e. The van der Waals surface area contributed by atoms with Gasteiger partial charge in [-0.3, -0.25) is 9.69 Å². The second kappa shape index (κ2) is 9.87. The molecule has 7 nitrogen and oxygen atoms in total. The minimum Gasteiger partial charge on any atom is -0.545 e. The molecule has 1 fully saturated rings. The molecule has 1 amide bonds. The van der Waals surface area contributed by atoms with Crippen LogP contribution in [-0.2, 0) is 4.79 Å². The number of terminal acetylenes is 1. The number of ether oxygens (including phenoxy) is 2. The Morgan fingerprint density at radius 3 is 2.61 bits per heavy atom. The summed E-state index contributed by atoms with van der Waals surface area (Å²) in [6, 6.07) is 11.3. The summed E-state index contributed by atoms with van der Waals surface area (Å²) >= 11 is 1.22. The zero-order chi connectivity index (χ0) is 22.4. The van der Waals surface area contributed by atoms with E-state index >= 15 is 0 Å². The van der Waals surface area contributed by atoms with Gasteiger partial charge in [0.2, 0.25) is 0 Å². The molecule has 0 radical (unpaired) electrons. The van der Waals surface area contributed by atoms with Crippen LogP contribution in [0.4, 0.5) is 5.69 Å². The van der Waals surface area contributed by atoms with E-state index in [1.54, 1.807) is 37.4 Å². The van der Waals surface area contributed by atoms with Crippen molar-refractivity contribution in [1.29, 1.82) is 0 Å². The summed E-state index contributed by atoms with van der Waals surface area (Å²) in [5.41, 5.74) is 1.36. The number of aromatic carboxylic acids is 1. The molecule has 0 atom stereocenters. The summed E-state index contributed by atoms with van der Waals surface area (Å²) in [6.07, 6.45) is 6.99. The molecular formula is C23H19N2O5S-. The van der Waals surface area contributed by atoms with Crippen molar-refractivity contribution in [3.63, 3.8) is 0 Å². The monoisotopic (exact) mass is 435 g/mol. The number of carboxylic acids is 1. The number of carbonyl (C=O) groups excluding carboxylic acids is 2. The van der Waals surface area contributed by atoms with Crippen LogP contribution < -0.4 is 14.6 Å². The lowest BCUT2D eigenvalue weighted by molar-refractivity contribution is -0.255. The quantitative estimate of drug-likeness (QED) is 0.491. The Kier molecular flexibility index (Phi) is 7.00.